The lowest BCUT2D eigenvalue weighted by molar-refractivity contribution is -0.141. The van der Waals surface area contributed by atoms with Gasteiger partial charge in [-0.2, -0.15) is 0 Å². The Bertz CT molecular complexity index is 750. The third-order valence-corrected chi connectivity index (χ3v) is 4.84. The predicted molar refractivity (Wildman–Crippen MR) is 92.8 cm³/mol. The number of benzene rings is 1. The summed E-state index contributed by atoms with van der Waals surface area (Å²) in [7, 11) is 0. The first-order valence-corrected chi connectivity index (χ1v) is 8.49. The number of hydrogen-bond acceptors (Lipinski definition) is 4. The minimum atomic E-state index is -0.133. The van der Waals surface area contributed by atoms with Crippen molar-refractivity contribution in [1.82, 2.24) is 15.0 Å². The molecule has 1 fully saturated rings. The van der Waals surface area contributed by atoms with Gasteiger partial charge in [-0.15, -0.1) is 0 Å². The zero-order valence-corrected chi connectivity index (χ0v) is 14.9. The Balaban J connectivity index is 1.84. The van der Waals surface area contributed by atoms with Crippen LogP contribution in [0.25, 0.3) is 0 Å². The average molecular weight is 341 g/mol. The van der Waals surface area contributed by atoms with Crippen LogP contribution in [0.1, 0.15) is 35.5 Å². The van der Waals surface area contributed by atoms with E-state index in [0.717, 1.165) is 16.8 Å². The van der Waals surface area contributed by atoms with E-state index in [4.69, 9.17) is 4.52 Å². The average Bonchev–Trinajstić information content (AvgIpc) is 2.93. The Kier molecular flexibility index (Phi) is 4.88. The van der Waals surface area contributed by atoms with Crippen LogP contribution < -0.4 is 0 Å². The number of hydrogen-bond donors (Lipinski definition) is 0. The van der Waals surface area contributed by atoms with Crippen LogP contribution in [0.3, 0.4) is 0 Å². The van der Waals surface area contributed by atoms with Crippen LogP contribution in [0.5, 0.6) is 0 Å². The van der Waals surface area contributed by atoms with Gasteiger partial charge in [-0.05, 0) is 19.4 Å². The molecule has 3 rings (SSSR count). The minimum absolute atomic E-state index is 0.0338. The molecule has 1 aliphatic rings. The molecule has 0 unspecified atom stereocenters. The molecule has 1 aliphatic heterocycles. The van der Waals surface area contributed by atoms with Gasteiger partial charge in [0.15, 0.2) is 0 Å². The van der Waals surface area contributed by atoms with Crippen molar-refractivity contribution < 1.29 is 14.1 Å². The fourth-order valence-electron chi connectivity index (χ4n) is 3.33. The summed E-state index contributed by atoms with van der Waals surface area (Å²) in [5.41, 5.74) is 2.65. The van der Waals surface area contributed by atoms with E-state index < -0.39 is 0 Å². The second-order valence-corrected chi connectivity index (χ2v) is 6.46. The van der Waals surface area contributed by atoms with Gasteiger partial charge < -0.3 is 14.3 Å². The number of piperazine rings is 1. The molecule has 0 radical (unpaired) electrons. The molecule has 6 heteroatoms. The third-order valence-electron chi connectivity index (χ3n) is 4.84. The summed E-state index contributed by atoms with van der Waals surface area (Å²) in [4.78, 5) is 28.5. The van der Waals surface area contributed by atoms with Gasteiger partial charge >= 0.3 is 0 Å². The molecule has 2 heterocycles. The van der Waals surface area contributed by atoms with Crippen molar-refractivity contribution in [2.45, 2.75) is 33.2 Å². The molecular formula is C19H23N3O3. The highest BCUT2D eigenvalue weighted by Gasteiger charge is 2.33. The van der Waals surface area contributed by atoms with Crippen LogP contribution >= 0.6 is 0 Å². The normalized spacial score (nSPS) is 17.6. The van der Waals surface area contributed by atoms with E-state index in [-0.39, 0.29) is 24.3 Å². The maximum atomic E-state index is 13.0. The molecule has 25 heavy (non-hydrogen) atoms. The molecular weight excluding hydrogens is 318 g/mol. The van der Waals surface area contributed by atoms with Crippen LogP contribution in [0.4, 0.5) is 0 Å². The number of amides is 2. The van der Waals surface area contributed by atoms with Crippen molar-refractivity contribution in [3.05, 3.63) is 52.9 Å². The van der Waals surface area contributed by atoms with Gasteiger partial charge in [-0.25, -0.2) is 0 Å². The third kappa shape index (κ3) is 3.57. The Hall–Kier alpha value is -2.63. The lowest BCUT2D eigenvalue weighted by atomic mass is 10.0. The largest absolute Gasteiger partial charge is 0.361 e. The summed E-state index contributed by atoms with van der Waals surface area (Å²) in [6.45, 7) is 6.86. The van der Waals surface area contributed by atoms with Gasteiger partial charge in [0, 0.05) is 32.1 Å². The molecule has 0 spiro atoms. The van der Waals surface area contributed by atoms with Crippen LogP contribution in [0.15, 0.2) is 34.9 Å². The first kappa shape index (κ1) is 17.2. The number of nitrogens with zero attached hydrogens (tertiary/aromatic N) is 3. The van der Waals surface area contributed by atoms with Gasteiger partial charge in [-0.3, -0.25) is 9.59 Å². The van der Waals surface area contributed by atoms with Crippen LogP contribution in [0, 0.1) is 13.8 Å². The Morgan fingerprint density at radius 2 is 1.92 bits per heavy atom. The molecule has 2 aromatic rings. The monoisotopic (exact) mass is 341 g/mol. The summed E-state index contributed by atoms with van der Waals surface area (Å²) in [6, 6.07) is 9.74. The van der Waals surface area contributed by atoms with E-state index in [1.165, 1.54) is 0 Å². The van der Waals surface area contributed by atoms with Crippen LogP contribution in [0.2, 0.25) is 0 Å². The topological polar surface area (TPSA) is 66.7 Å². The van der Waals surface area contributed by atoms with Crippen molar-refractivity contribution in [3.8, 4) is 0 Å². The Labute approximate surface area is 147 Å². The number of aryl methyl sites for hydroxylation is 2. The molecule has 2 amide bonds. The van der Waals surface area contributed by atoms with Crippen molar-refractivity contribution in [3.63, 3.8) is 0 Å². The fourth-order valence-corrected chi connectivity index (χ4v) is 3.33. The highest BCUT2D eigenvalue weighted by molar-refractivity contribution is 5.80. The maximum absolute atomic E-state index is 13.0. The van der Waals surface area contributed by atoms with Crippen LogP contribution in [-0.2, 0) is 16.0 Å². The van der Waals surface area contributed by atoms with Crippen molar-refractivity contribution in [1.29, 1.82) is 0 Å². The number of carbonyl (C=O) groups excluding carboxylic acids is 2. The Morgan fingerprint density at radius 1 is 1.20 bits per heavy atom. The molecule has 0 aliphatic carbocycles. The van der Waals surface area contributed by atoms with Crippen molar-refractivity contribution in [2.75, 3.05) is 19.6 Å². The molecule has 6 nitrogen and oxygen atoms in total. The fraction of sp³-hybridized carbons (Fsp3) is 0.421. The summed E-state index contributed by atoms with van der Waals surface area (Å²) < 4.78 is 5.17. The van der Waals surface area contributed by atoms with Gasteiger partial charge in [-0.1, -0.05) is 35.5 Å². The van der Waals surface area contributed by atoms with Gasteiger partial charge in [0.05, 0.1) is 18.2 Å². The number of carbonyl (C=O) groups is 2. The van der Waals surface area contributed by atoms with Crippen LogP contribution in [-0.4, -0.2) is 46.4 Å². The summed E-state index contributed by atoms with van der Waals surface area (Å²) in [5, 5.41) is 3.93. The molecule has 1 saturated heterocycles. The van der Waals surface area contributed by atoms with E-state index in [9.17, 15) is 9.59 Å². The second kappa shape index (κ2) is 7.09. The predicted octanol–water partition coefficient (Wildman–Crippen LogP) is 2.27. The van der Waals surface area contributed by atoms with Crippen molar-refractivity contribution in [2.24, 2.45) is 0 Å². The highest BCUT2D eigenvalue weighted by Crippen LogP contribution is 2.27. The zero-order valence-electron chi connectivity index (χ0n) is 14.9. The van der Waals surface area contributed by atoms with Gasteiger partial charge in [0.2, 0.25) is 11.8 Å². The lowest BCUT2D eigenvalue weighted by Crippen LogP contribution is -2.52. The summed E-state index contributed by atoms with van der Waals surface area (Å²) in [5.74, 6) is 0.759. The molecule has 0 saturated carbocycles. The number of aromatic nitrogens is 1. The SMILES string of the molecule is CC(=O)N1CCN(C(=O)Cc2c(C)noc2C)[C@@H](c2ccccc2)C1. The second-order valence-electron chi connectivity index (χ2n) is 6.46. The summed E-state index contributed by atoms with van der Waals surface area (Å²) in [6.07, 6.45) is 0.268. The smallest absolute Gasteiger partial charge is 0.227 e. The maximum Gasteiger partial charge on any atom is 0.227 e. The summed E-state index contributed by atoms with van der Waals surface area (Å²) >= 11 is 0. The minimum Gasteiger partial charge on any atom is -0.361 e. The molecule has 0 bridgehead atoms. The first-order valence-electron chi connectivity index (χ1n) is 8.49. The first-order chi connectivity index (χ1) is 12.0. The molecule has 1 aromatic heterocycles. The quantitative estimate of drug-likeness (QED) is 0.859. The van der Waals surface area contributed by atoms with E-state index in [0.29, 0.717) is 25.4 Å². The number of rotatable bonds is 3. The molecule has 1 aromatic carbocycles. The molecule has 0 N–H and O–H groups in total. The van der Waals surface area contributed by atoms with Crippen molar-refractivity contribution >= 4 is 11.8 Å². The van der Waals surface area contributed by atoms with E-state index in [2.05, 4.69) is 5.16 Å². The molecule has 132 valence electrons. The Morgan fingerprint density at radius 3 is 2.52 bits per heavy atom. The zero-order chi connectivity index (χ0) is 18.0. The van der Waals surface area contributed by atoms with Gasteiger partial charge in [0.25, 0.3) is 0 Å². The van der Waals surface area contributed by atoms with E-state index in [1.807, 2.05) is 49.1 Å². The van der Waals surface area contributed by atoms with E-state index >= 15 is 0 Å². The van der Waals surface area contributed by atoms with Gasteiger partial charge in [0.1, 0.15) is 5.76 Å². The molecule has 1 atom stereocenters. The van der Waals surface area contributed by atoms with E-state index in [1.54, 1.807) is 11.8 Å². The lowest BCUT2D eigenvalue weighted by Gasteiger charge is -2.41. The highest BCUT2D eigenvalue weighted by atomic mass is 16.5. The standard InChI is InChI=1S/C19H23N3O3/c1-13-17(14(2)25-20-13)11-19(24)22-10-9-21(15(3)23)12-18(22)16-7-5-4-6-8-16/h4-8,18H,9-12H2,1-3H3/t18-/m1/s1.